The predicted molar refractivity (Wildman–Crippen MR) is 116 cm³/mol. The maximum Gasteiger partial charge on any atom is 0.432 e. The van der Waals surface area contributed by atoms with E-state index in [9.17, 15) is 45.8 Å². The number of alkyl halides is 6. The van der Waals surface area contributed by atoms with E-state index in [2.05, 4.69) is 9.47 Å². The Balaban J connectivity index is 2.48. The summed E-state index contributed by atoms with van der Waals surface area (Å²) in [5.41, 5.74) is -9.75. The molecule has 2 atom stereocenters. The molecule has 0 aliphatic carbocycles. The Morgan fingerprint density at radius 3 is 1.95 bits per heavy atom. The first-order valence-corrected chi connectivity index (χ1v) is 10.4. The molecule has 0 aliphatic rings. The Kier molecular flexibility index (Phi) is 8.48. The second-order valence-corrected chi connectivity index (χ2v) is 7.64. The van der Waals surface area contributed by atoms with Crippen LogP contribution in [0.1, 0.15) is 23.6 Å². The third-order valence-electron chi connectivity index (χ3n) is 5.30. The number of nitrogens with one attached hydrogen (secondary N) is 2. The Bertz CT molecular complexity index is 1150. The first-order chi connectivity index (χ1) is 17.1. The number of ether oxygens (including phenoxy) is 2. The van der Waals surface area contributed by atoms with Crippen molar-refractivity contribution in [2.75, 3.05) is 19.0 Å². The first-order valence-electron chi connectivity index (χ1n) is 10.4. The predicted octanol–water partition coefficient (Wildman–Crippen LogP) is 4.06. The number of anilines is 1. The van der Waals surface area contributed by atoms with Gasteiger partial charge in [0, 0.05) is 11.3 Å². The normalized spacial score (nSPS) is 15.1. The maximum absolute atomic E-state index is 14.3. The van der Waals surface area contributed by atoms with Gasteiger partial charge in [0.05, 0.1) is 13.7 Å². The van der Waals surface area contributed by atoms with Crippen molar-refractivity contribution in [3.8, 4) is 0 Å². The van der Waals surface area contributed by atoms with Crippen molar-refractivity contribution < 1.29 is 55.3 Å². The van der Waals surface area contributed by atoms with Crippen LogP contribution in [0, 0.1) is 6.92 Å². The Labute approximate surface area is 206 Å². The van der Waals surface area contributed by atoms with Gasteiger partial charge in [-0.05, 0) is 31.0 Å². The fourth-order valence-electron chi connectivity index (χ4n) is 3.42. The van der Waals surface area contributed by atoms with Crippen LogP contribution in [0.5, 0.6) is 0 Å². The van der Waals surface area contributed by atoms with Crippen molar-refractivity contribution in [3.05, 3.63) is 65.2 Å². The zero-order valence-corrected chi connectivity index (χ0v) is 19.6. The van der Waals surface area contributed by atoms with Crippen LogP contribution in [0.15, 0.2) is 48.5 Å². The monoisotopic (exact) mass is 536 g/mol. The molecular weight excluding hydrogens is 514 g/mol. The highest BCUT2D eigenvalue weighted by atomic mass is 19.4. The molecule has 37 heavy (non-hydrogen) atoms. The minimum absolute atomic E-state index is 0.173. The van der Waals surface area contributed by atoms with Crippen LogP contribution in [0.4, 0.5) is 36.8 Å². The number of urea groups is 1. The SMILES string of the molecule is CCOC(=O)[C@@](NC(=O)Nc1ccc([C@@](O)(C(=O)OC)C(F)(F)F)cc1C)(c1ccccc1)C(F)(F)F. The molecule has 0 radical (unpaired) electrons. The molecule has 2 aromatic rings. The van der Waals surface area contributed by atoms with Crippen molar-refractivity contribution in [2.24, 2.45) is 0 Å². The van der Waals surface area contributed by atoms with E-state index in [1.54, 1.807) is 5.32 Å². The molecule has 2 aromatic carbocycles. The number of rotatable bonds is 7. The lowest BCUT2D eigenvalue weighted by atomic mass is 9.89. The third-order valence-corrected chi connectivity index (χ3v) is 5.30. The molecule has 2 rings (SSSR count). The summed E-state index contributed by atoms with van der Waals surface area (Å²) >= 11 is 0. The zero-order valence-electron chi connectivity index (χ0n) is 19.6. The summed E-state index contributed by atoms with van der Waals surface area (Å²) in [6.45, 7) is 1.99. The van der Waals surface area contributed by atoms with Crippen LogP contribution in [0.3, 0.4) is 0 Å². The highest BCUT2D eigenvalue weighted by Gasteiger charge is 2.64. The van der Waals surface area contributed by atoms with E-state index < -0.39 is 59.2 Å². The summed E-state index contributed by atoms with van der Waals surface area (Å²) in [6, 6.07) is 6.31. The van der Waals surface area contributed by atoms with Crippen molar-refractivity contribution in [1.82, 2.24) is 5.32 Å². The standard InChI is InChI=1S/C23H22F6N2O6/c1-4-37-17(32)20(22(24,25)26,14-8-6-5-7-9-14)31-19(34)30-16-11-10-15(12-13(16)2)21(35,18(33)36-3)23(27,28)29/h5-12,35H,4H2,1-3H3,(H2,30,31,34)/t20-,21+/m0/s1. The summed E-state index contributed by atoms with van der Waals surface area (Å²) < 4.78 is 92.0. The lowest BCUT2D eigenvalue weighted by Gasteiger charge is -2.34. The van der Waals surface area contributed by atoms with Gasteiger partial charge in [-0.15, -0.1) is 0 Å². The number of aliphatic hydroxyl groups is 1. The van der Waals surface area contributed by atoms with Gasteiger partial charge >= 0.3 is 30.3 Å². The molecule has 0 bridgehead atoms. The van der Waals surface area contributed by atoms with Gasteiger partial charge in [-0.1, -0.05) is 42.5 Å². The number of esters is 2. The van der Waals surface area contributed by atoms with Gasteiger partial charge < -0.3 is 25.2 Å². The molecular formula is C23H22F6N2O6. The van der Waals surface area contributed by atoms with Gasteiger partial charge in [0.1, 0.15) is 0 Å². The molecule has 3 N–H and O–H groups in total. The van der Waals surface area contributed by atoms with Crippen LogP contribution < -0.4 is 10.6 Å². The van der Waals surface area contributed by atoms with Gasteiger partial charge in [-0.3, -0.25) is 0 Å². The quantitative estimate of drug-likeness (QED) is 0.364. The van der Waals surface area contributed by atoms with Crippen LogP contribution in [0.25, 0.3) is 0 Å². The molecule has 0 aromatic heterocycles. The van der Waals surface area contributed by atoms with Gasteiger partial charge in [-0.25, -0.2) is 14.4 Å². The van der Waals surface area contributed by atoms with E-state index in [1.807, 2.05) is 5.32 Å². The van der Waals surface area contributed by atoms with Gasteiger partial charge in [0.2, 0.25) is 0 Å². The van der Waals surface area contributed by atoms with Gasteiger partial charge in [-0.2, -0.15) is 26.3 Å². The average molecular weight is 536 g/mol. The number of benzene rings is 2. The molecule has 0 heterocycles. The van der Waals surface area contributed by atoms with E-state index in [0.29, 0.717) is 19.2 Å². The maximum atomic E-state index is 14.3. The molecule has 14 heteroatoms. The highest BCUT2D eigenvalue weighted by Crippen LogP contribution is 2.42. The van der Waals surface area contributed by atoms with E-state index in [-0.39, 0.29) is 11.3 Å². The van der Waals surface area contributed by atoms with Crippen molar-refractivity contribution in [3.63, 3.8) is 0 Å². The fraction of sp³-hybridized carbons (Fsp3) is 0.348. The third kappa shape index (κ3) is 5.48. The fourth-order valence-corrected chi connectivity index (χ4v) is 3.42. The van der Waals surface area contributed by atoms with Gasteiger partial charge in [0.15, 0.2) is 0 Å². The van der Waals surface area contributed by atoms with E-state index in [4.69, 9.17) is 0 Å². The van der Waals surface area contributed by atoms with Crippen molar-refractivity contribution >= 4 is 23.7 Å². The molecule has 0 fully saturated rings. The van der Waals surface area contributed by atoms with Crippen LogP contribution in [-0.4, -0.2) is 49.1 Å². The Morgan fingerprint density at radius 2 is 1.49 bits per heavy atom. The summed E-state index contributed by atoms with van der Waals surface area (Å²) in [7, 11) is 0.634. The number of hydrogen-bond donors (Lipinski definition) is 3. The average Bonchev–Trinajstić information content (AvgIpc) is 2.81. The minimum atomic E-state index is -5.49. The molecule has 8 nitrogen and oxygen atoms in total. The number of methoxy groups -OCH3 is 1. The van der Waals surface area contributed by atoms with Crippen molar-refractivity contribution in [1.29, 1.82) is 0 Å². The highest BCUT2D eigenvalue weighted by molar-refractivity contribution is 5.96. The van der Waals surface area contributed by atoms with Gasteiger partial charge in [0.25, 0.3) is 11.1 Å². The second-order valence-electron chi connectivity index (χ2n) is 7.64. The molecule has 0 aliphatic heterocycles. The molecule has 202 valence electrons. The lowest BCUT2D eigenvalue weighted by molar-refractivity contribution is -0.266. The van der Waals surface area contributed by atoms with Crippen LogP contribution >= 0.6 is 0 Å². The number of aryl methyl sites for hydroxylation is 1. The smallest absolute Gasteiger partial charge is 0.432 e. The summed E-state index contributed by atoms with van der Waals surface area (Å²) in [5, 5.41) is 13.7. The Morgan fingerprint density at radius 1 is 0.892 bits per heavy atom. The van der Waals surface area contributed by atoms with E-state index in [1.165, 1.54) is 25.1 Å². The summed E-state index contributed by atoms with van der Waals surface area (Å²) in [4.78, 5) is 37.0. The zero-order chi connectivity index (χ0) is 28.2. The molecule has 0 unspecified atom stereocenters. The molecule has 0 saturated heterocycles. The number of carbonyl (C=O) groups excluding carboxylic acids is 3. The molecule has 0 spiro atoms. The number of hydrogen-bond acceptors (Lipinski definition) is 6. The lowest BCUT2D eigenvalue weighted by Crippen LogP contribution is -2.62. The number of halogens is 6. The van der Waals surface area contributed by atoms with E-state index in [0.717, 1.165) is 25.1 Å². The molecule has 0 saturated carbocycles. The second kappa shape index (κ2) is 10.7. The van der Waals surface area contributed by atoms with E-state index >= 15 is 0 Å². The first kappa shape index (κ1) is 29.4. The minimum Gasteiger partial charge on any atom is -0.466 e. The van der Waals surface area contributed by atoms with Crippen LogP contribution in [0.2, 0.25) is 0 Å². The topological polar surface area (TPSA) is 114 Å². The van der Waals surface area contributed by atoms with Crippen molar-refractivity contribution in [2.45, 2.75) is 37.3 Å². The number of carbonyl (C=O) groups is 3. The van der Waals surface area contributed by atoms with Crippen LogP contribution in [-0.2, 0) is 30.2 Å². The number of amides is 2. The summed E-state index contributed by atoms with van der Waals surface area (Å²) in [6.07, 6.45) is -10.9. The summed E-state index contributed by atoms with van der Waals surface area (Å²) in [5.74, 6) is -3.84. The largest absolute Gasteiger partial charge is 0.466 e. The Hall–Kier alpha value is -3.81. The molecule has 2 amide bonds.